The number of hydrazone groups is 1. The van der Waals surface area contributed by atoms with Gasteiger partial charge in [-0.2, -0.15) is 5.10 Å². The number of rotatable bonds is 2. The van der Waals surface area contributed by atoms with Gasteiger partial charge in [0.1, 0.15) is 5.82 Å². The Morgan fingerprint density at radius 3 is 3.33 bits per heavy atom. The first kappa shape index (κ1) is 8.25. The third-order valence-electron chi connectivity index (χ3n) is 1.05. The molecule has 0 aliphatic rings. The van der Waals surface area contributed by atoms with Gasteiger partial charge in [0.2, 0.25) is 0 Å². The molecule has 0 aromatic carbocycles. The summed E-state index contributed by atoms with van der Waals surface area (Å²) in [6.07, 6.45) is 3.99. The van der Waals surface area contributed by atoms with Crippen molar-refractivity contribution in [1.29, 1.82) is 0 Å². The van der Waals surface area contributed by atoms with E-state index in [1.165, 1.54) is 13.3 Å². The molecule has 0 aliphatic heterocycles. The summed E-state index contributed by atoms with van der Waals surface area (Å²) in [4.78, 5) is 17.1. The summed E-state index contributed by atoms with van der Waals surface area (Å²) < 4.78 is 4.28. The first-order valence-electron chi connectivity index (χ1n) is 3.19. The molecule has 12 heavy (non-hydrogen) atoms. The van der Waals surface area contributed by atoms with Crippen LogP contribution >= 0.6 is 0 Å². The van der Waals surface area contributed by atoms with E-state index in [1.807, 2.05) is 0 Å². The van der Waals surface area contributed by atoms with Crippen molar-refractivity contribution in [2.45, 2.75) is 0 Å². The number of aromatic amines is 1. The van der Waals surface area contributed by atoms with Gasteiger partial charge >= 0.3 is 6.09 Å². The van der Waals surface area contributed by atoms with Gasteiger partial charge in [-0.15, -0.1) is 0 Å². The predicted octanol–water partition coefficient (Wildman–Crippen LogP) is 0.0996. The molecule has 1 amide bonds. The van der Waals surface area contributed by atoms with Gasteiger partial charge in [-0.1, -0.05) is 0 Å². The van der Waals surface area contributed by atoms with Crippen LogP contribution in [-0.2, 0) is 4.74 Å². The van der Waals surface area contributed by atoms with E-state index in [2.05, 4.69) is 25.2 Å². The third-order valence-corrected chi connectivity index (χ3v) is 1.05. The second-order valence-electron chi connectivity index (χ2n) is 1.84. The van der Waals surface area contributed by atoms with Crippen molar-refractivity contribution in [1.82, 2.24) is 15.4 Å². The fourth-order valence-corrected chi connectivity index (χ4v) is 0.540. The summed E-state index contributed by atoms with van der Waals surface area (Å²) in [6, 6.07) is 0. The molecule has 2 N–H and O–H groups in total. The summed E-state index contributed by atoms with van der Waals surface area (Å²) in [5.74, 6) is 0.561. The molecule has 0 saturated carbocycles. The van der Waals surface area contributed by atoms with Crippen molar-refractivity contribution in [2.75, 3.05) is 7.11 Å². The molecule has 0 unspecified atom stereocenters. The number of carbonyl (C=O) groups is 1. The number of hydrogen-bond donors (Lipinski definition) is 2. The molecule has 0 aliphatic carbocycles. The Balaban J connectivity index is 2.37. The third kappa shape index (κ3) is 2.41. The summed E-state index contributed by atoms with van der Waals surface area (Å²) in [5.41, 5.74) is 2.12. The average Bonchev–Trinajstić information content (AvgIpc) is 2.57. The number of methoxy groups -OCH3 is 1. The number of nitrogens with zero attached hydrogens (tertiary/aromatic N) is 2. The van der Waals surface area contributed by atoms with Crippen LogP contribution in [0.3, 0.4) is 0 Å². The molecule has 1 rings (SSSR count). The highest BCUT2D eigenvalue weighted by atomic mass is 16.5. The highest BCUT2D eigenvalue weighted by Crippen LogP contribution is 1.81. The maximum absolute atomic E-state index is 10.5. The zero-order chi connectivity index (χ0) is 8.81. The van der Waals surface area contributed by atoms with Crippen LogP contribution in [0, 0.1) is 0 Å². The molecule has 1 aromatic heterocycles. The number of carbonyl (C=O) groups excluding carboxylic acids is 1. The molecule has 0 fully saturated rings. The lowest BCUT2D eigenvalue weighted by Crippen LogP contribution is -2.16. The SMILES string of the molecule is COC(=O)N/N=C/c1ncc[nH]1. The van der Waals surface area contributed by atoms with Gasteiger partial charge in [-0.05, 0) is 0 Å². The minimum Gasteiger partial charge on any atom is -0.452 e. The molecule has 6 heteroatoms. The Morgan fingerprint density at radius 2 is 2.75 bits per heavy atom. The second-order valence-corrected chi connectivity index (χ2v) is 1.84. The van der Waals surface area contributed by atoms with Crippen LogP contribution in [0.5, 0.6) is 0 Å². The lowest BCUT2D eigenvalue weighted by Gasteiger charge is -1.93. The zero-order valence-corrected chi connectivity index (χ0v) is 6.44. The van der Waals surface area contributed by atoms with Gasteiger partial charge in [0.15, 0.2) is 0 Å². The molecule has 0 saturated heterocycles. The topological polar surface area (TPSA) is 79.4 Å². The van der Waals surface area contributed by atoms with E-state index in [4.69, 9.17) is 0 Å². The predicted molar refractivity (Wildman–Crippen MR) is 41.7 cm³/mol. The van der Waals surface area contributed by atoms with E-state index >= 15 is 0 Å². The number of aromatic nitrogens is 2. The Morgan fingerprint density at radius 1 is 1.92 bits per heavy atom. The van der Waals surface area contributed by atoms with Gasteiger partial charge in [0.25, 0.3) is 0 Å². The van der Waals surface area contributed by atoms with Crippen molar-refractivity contribution in [3.05, 3.63) is 18.2 Å². The second kappa shape index (κ2) is 4.12. The van der Waals surface area contributed by atoms with Crippen molar-refractivity contribution in [3.8, 4) is 0 Å². The lowest BCUT2D eigenvalue weighted by molar-refractivity contribution is 0.171. The van der Waals surface area contributed by atoms with Crippen LogP contribution < -0.4 is 5.43 Å². The van der Waals surface area contributed by atoms with Crippen LogP contribution in [0.4, 0.5) is 4.79 Å². The van der Waals surface area contributed by atoms with Gasteiger partial charge < -0.3 is 9.72 Å². The van der Waals surface area contributed by atoms with Gasteiger partial charge in [-0.3, -0.25) is 0 Å². The maximum Gasteiger partial charge on any atom is 0.427 e. The Kier molecular flexibility index (Phi) is 2.83. The van der Waals surface area contributed by atoms with Crippen LogP contribution in [0.1, 0.15) is 5.82 Å². The van der Waals surface area contributed by atoms with Crippen molar-refractivity contribution in [2.24, 2.45) is 5.10 Å². The molecule has 1 heterocycles. The molecular formula is C6H8N4O2. The molecule has 6 nitrogen and oxygen atoms in total. The fraction of sp³-hybridized carbons (Fsp3) is 0.167. The van der Waals surface area contributed by atoms with E-state index in [9.17, 15) is 4.79 Å². The van der Waals surface area contributed by atoms with E-state index in [0.29, 0.717) is 5.82 Å². The number of amides is 1. The quantitative estimate of drug-likeness (QED) is 0.485. The van der Waals surface area contributed by atoms with Crippen LogP contribution in [0.2, 0.25) is 0 Å². The molecule has 0 atom stereocenters. The van der Waals surface area contributed by atoms with E-state index in [-0.39, 0.29) is 0 Å². The van der Waals surface area contributed by atoms with Crippen LogP contribution in [-0.4, -0.2) is 29.4 Å². The number of nitrogens with one attached hydrogen (secondary N) is 2. The number of H-pyrrole nitrogens is 1. The van der Waals surface area contributed by atoms with Crippen molar-refractivity contribution >= 4 is 12.3 Å². The lowest BCUT2D eigenvalue weighted by atomic mass is 10.7. The minimum atomic E-state index is -0.613. The normalized spacial score (nSPS) is 10.1. The van der Waals surface area contributed by atoms with Crippen molar-refractivity contribution < 1.29 is 9.53 Å². The standard InChI is InChI=1S/C6H8N4O2/c1-12-6(11)10-9-4-5-7-2-3-8-5/h2-4H,1H3,(H,7,8)(H,10,11)/b9-4+. The zero-order valence-electron chi connectivity index (χ0n) is 6.44. The maximum atomic E-state index is 10.5. The number of ether oxygens (including phenoxy) is 1. The van der Waals surface area contributed by atoms with E-state index in [0.717, 1.165) is 0 Å². The molecule has 64 valence electrons. The van der Waals surface area contributed by atoms with Gasteiger partial charge in [0.05, 0.1) is 13.3 Å². The summed E-state index contributed by atoms with van der Waals surface area (Å²) in [6.45, 7) is 0. The first-order chi connectivity index (χ1) is 5.83. The molecule has 0 bridgehead atoms. The summed E-state index contributed by atoms with van der Waals surface area (Å²) >= 11 is 0. The minimum absolute atomic E-state index is 0.561. The average molecular weight is 168 g/mol. The summed E-state index contributed by atoms with van der Waals surface area (Å²) in [7, 11) is 1.26. The Bertz CT molecular complexity index is 267. The van der Waals surface area contributed by atoms with E-state index in [1.54, 1.807) is 12.4 Å². The molecule has 0 radical (unpaired) electrons. The van der Waals surface area contributed by atoms with Gasteiger partial charge in [-0.25, -0.2) is 15.2 Å². The molecule has 1 aromatic rings. The largest absolute Gasteiger partial charge is 0.452 e. The first-order valence-corrected chi connectivity index (χ1v) is 3.19. The Labute approximate surface area is 68.6 Å². The van der Waals surface area contributed by atoms with Gasteiger partial charge in [0, 0.05) is 12.4 Å². The Hall–Kier alpha value is -1.85. The highest BCUT2D eigenvalue weighted by molar-refractivity contribution is 5.76. The van der Waals surface area contributed by atoms with Crippen LogP contribution in [0.15, 0.2) is 17.5 Å². The van der Waals surface area contributed by atoms with E-state index < -0.39 is 6.09 Å². The summed E-state index contributed by atoms with van der Waals surface area (Å²) in [5, 5.41) is 3.54. The monoisotopic (exact) mass is 168 g/mol. The molecular weight excluding hydrogens is 160 g/mol. The fourth-order valence-electron chi connectivity index (χ4n) is 0.540. The molecule has 0 spiro atoms. The highest BCUT2D eigenvalue weighted by Gasteiger charge is 1.92. The number of imidazole rings is 1. The smallest absolute Gasteiger partial charge is 0.427 e. The van der Waals surface area contributed by atoms with Crippen molar-refractivity contribution in [3.63, 3.8) is 0 Å². The number of hydrogen-bond acceptors (Lipinski definition) is 4. The van der Waals surface area contributed by atoms with Crippen LogP contribution in [0.25, 0.3) is 0 Å².